The van der Waals surface area contributed by atoms with Crippen molar-refractivity contribution in [3.8, 4) is 11.5 Å². The topological polar surface area (TPSA) is 66.9 Å². The molecule has 0 aliphatic carbocycles. The molecule has 140 valence electrons. The lowest BCUT2D eigenvalue weighted by molar-refractivity contribution is -0.120. The van der Waals surface area contributed by atoms with E-state index in [-0.39, 0.29) is 11.9 Å². The average Bonchev–Trinajstić information content (AvgIpc) is 3.22. The first-order chi connectivity index (χ1) is 12.6. The Morgan fingerprint density at radius 2 is 1.92 bits per heavy atom. The number of amides is 1. The van der Waals surface area contributed by atoms with E-state index in [1.165, 1.54) is 0 Å². The number of hydrogen-bond acceptors (Lipinski definition) is 7. The Morgan fingerprint density at radius 1 is 1.19 bits per heavy atom. The van der Waals surface area contributed by atoms with Crippen molar-refractivity contribution >= 4 is 28.1 Å². The van der Waals surface area contributed by atoms with Crippen molar-refractivity contribution in [1.82, 2.24) is 9.88 Å². The zero-order chi connectivity index (χ0) is 18.5. The molecule has 0 saturated carbocycles. The second kappa shape index (κ2) is 8.37. The quantitative estimate of drug-likeness (QED) is 0.835. The summed E-state index contributed by atoms with van der Waals surface area (Å²) in [6, 6.07) is 5.16. The Bertz CT molecular complexity index is 730. The molecule has 1 amide bonds. The van der Waals surface area contributed by atoms with Crippen molar-refractivity contribution in [1.29, 1.82) is 0 Å². The predicted octanol–water partition coefficient (Wildman–Crippen LogP) is 2.31. The Kier molecular flexibility index (Phi) is 5.95. The molecule has 1 aliphatic rings. The van der Waals surface area contributed by atoms with Crippen LogP contribution < -0.4 is 19.7 Å². The molecule has 7 nitrogen and oxygen atoms in total. The number of nitrogens with one attached hydrogen (secondary N) is 1. The third kappa shape index (κ3) is 4.08. The zero-order valence-electron chi connectivity index (χ0n) is 15.3. The number of thiazole rings is 1. The largest absolute Gasteiger partial charge is 0.493 e. The van der Waals surface area contributed by atoms with Gasteiger partial charge in [-0.15, -0.1) is 11.3 Å². The smallest absolute Gasteiger partial charge is 0.241 e. The number of anilines is 2. The lowest BCUT2D eigenvalue weighted by Crippen LogP contribution is -2.52. The van der Waals surface area contributed by atoms with Crippen molar-refractivity contribution in [2.45, 2.75) is 13.0 Å². The second-order valence-electron chi connectivity index (χ2n) is 6.07. The molecule has 0 bridgehead atoms. The molecule has 1 N–H and O–H groups in total. The van der Waals surface area contributed by atoms with Crippen molar-refractivity contribution < 1.29 is 14.3 Å². The van der Waals surface area contributed by atoms with Gasteiger partial charge in [-0.05, 0) is 19.1 Å². The van der Waals surface area contributed by atoms with Crippen LogP contribution in [0.3, 0.4) is 0 Å². The standard InChI is InChI=1S/C18H24N4O3S/c1-13(21-7-9-22(10-8-21)18-19-6-11-26-18)17(23)20-14-4-5-15(24-2)16(12-14)25-3/h4-6,11-13H,7-10H2,1-3H3,(H,20,23)/t13-/m1/s1. The number of hydrogen-bond donors (Lipinski definition) is 1. The van der Waals surface area contributed by atoms with Gasteiger partial charge >= 0.3 is 0 Å². The van der Waals surface area contributed by atoms with Gasteiger partial charge in [0.25, 0.3) is 0 Å². The van der Waals surface area contributed by atoms with E-state index in [1.54, 1.807) is 37.7 Å². The number of rotatable bonds is 6. The molecular formula is C18H24N4O3S. The van der Waals surface area contributed by atoms with E-state index in [2.05, 4.69) is 20.1 Å². The summed E-state index contributed by atoms with van der Waals surface area (Å²) in [5, 5.41) is 6.00. The van der Waals surface area contributed by atoms with E-state index in [0.717, 1.165) is 31.3 Å². The fraction of sp³-hybridized carbons (Fsp3) is 0.444. The van der Waals surface area contributed by atoms with Gasteiger partial charge < -0.3 is 19.7 Å². The van der Waals surface area contributed by atoms with E-state index in [9.17, 15) is 4.79 Å². The zero-order valence-corrected chi connectivity index (χ0v) is 16.1. The molecule has 2 heterocycles. The Labute approximate surface area is 157 Å². The molecular weight excluding hydrogens is 352 g/mol. The first-order valence-corrected chi connectivity index (χ1v) is 9.41. The fourth-order valence-electron chi connectivity index (χ4n) is 3.00. The summed E-state index contributed by atoms with van der Waals surface area (Å²) in [5.41, 5.74) is 0.695. The third-order valence-corrected chi connectivity index (χ3v) is 5.41. The molecule has 1 aliphatic heterocycles. The van der Waals surface area contributed by atoms with Crippen LogP contribution in [0.5, 0.6) is 11.5 Å². The fourth-order valence-corrected chi connectivity index (χ4v) is 3.70. The summed E-state index contributed by atoms with van der Waals surface area (Å²) in [7, 11) is 3.16. The average molecular weight is 376 g/mol. The molecule has 8 heteroatoms. The van der Waals surface area contributed by atoms with E-state index >= 15 is 0 Å². The molecule has 1 aromatic heterocycles. The SMILES string of the molecule is COc1ccc(NC(=O)[C@@H](C)N2CCN(c3nccs3)CC2)cc1OC. The molecule has 26 heavy (non-hydrogen) atoms. The normalized spacial score (nSPS) is 16.2. The van der Waals surface area contributed by atoms with E-state index < -0.39 is 0 Å². The van der Waals surface area contributed by atoms with Crippen LogP contribution in [0, 0.1) is 0 Å². The summed E-state index contributed by atoms with van der Waals surface area (Å²) < 4.78 is 10.5. The summed E-state index contributed by atoms with van der Waals surface area (Å²) in [4.78, 5) is 21.4. The lowest BCUT2D eigenvalue weighted by Gasteiger charge is -2.37. The lowest BCUT2D eigenvalue weighted by atomic mass is 10.2. The van der Waals surface area contributed by atoms with Gasteiger partial charge in [0.15, 0.2) is 16.6 Å². The van der Waals surface area contributed by atoms with Crippen LogP contribution in [0.4, 0.5) is 10.8 Å². The maximum absolute atomic E-state index is 12.6. The summed E-state index contributed by atoms with van der Waals surface area (Å²) in [6.45, 7) is 5.36. The van der Waals surface area contributed by atoms with Gasteiger partial charge in [-0.3, -0.25) is 9.69 Å². The van der Waals surface area contributed by atoms with Gasteiger partial charge in [-0.1, -0.05) is 0 Å². The first-order valence-electron chi connectivity index (χ1n) is 8.53. The van der Waals surface area contributed by atoms with Crippen LogP contribution in [0.15, 0.2) is 29.8 Å². The highest BCUT2D eigenvalue weighted by atomic mass is 32.1. The molecule has 1 saturated heterocycles. The number of ether oxygens (including phenoxy) is 2. The van der Waals surface area contributed by atoms with Crippen LogP contribution in [0.2, 0.25) is 0 Å². The summed E-state index contributed by atoms with van der Waals surface area (Å²) >= 11 is 1.65. The van der Waals surface area contributed by atoms with Gasteiger partial charge in [0.2, 0.25) is 5.91 Å². The molecule has 0 spiro atoms. The number of nitrogens with zero attached hydrogens (tertiary/aromatic N) is 3. The number of carbonyl (C=O) groups is 1. The van der Waals surface area contributed by atoms with Crippen molar-refractivity contribution in [2.75, 3.05) is 50.6 Å². The molecule has 2 aromatic rings. The van der Waals surface area contributed by atoms with E-state index in [4.69, 9.17) is 9.47 Å². The number of carbonyl (C=O) groups excluding carboxylic acids is 1. The monoisotopic (exact) mass is 376 g/mol. The molecule has 1 fully saturated rings. The molecule has 0 radical (unpaired) electrons. The van der Waals surface area contributed by atoms with Crippen molar-refractivity contribution in [3.63, 3.8) is 0 Å². The molecule has 3 rings (SSSR count). The van der Waals surface area contributed by atoms with Gasteiger partial charge in [0, 0.05) is 49.5 Å². The predicted molar refractivity (Wildman–Crippen MR) is 104 cm³/mol. The van der Waals surface area contributed by atoms with Gasteiger partial charge in [-0.25, -0.2) is 4.98 Å². The molecule has 0 unspecified atom stereocenters. The van der Waals surface area contributed by atoms with Gasteiger partial charge in [0.1, 0.15) is 0 Å². The minimum Gasteiger partial charge on any atom is -0.493 e. The molecule has 1 atom stereocenters. The van der Waals surface area contributed by atoms with E-state index in [0.29, 0.717) is 17.2 Å². The van der Waals surface area contributed by atoms with Crippen LogP contribution in [0.25, 0.3) is 0 Å². The van der Waals surface area contributed by atoms with Crippen LogP contribution in [-0.2, 0) is 4.79 Å². The van der Waals surface area contributed by atoms with Crippen LogP contribution >= 0.6 is 11.3 Å². The Balaban J connectivity index is 1.57. The van der Waals surface area contributed by atoms with Crippen molar-refractivity contribution in [3.05, 3.63) is 29.8 Å². The first kappa shape index (κ1) is 18.5. The maximum Gasteiger partial charge on any atom is 0.241 e. The number of benzene rings is 1. The Hall–Kier alpha value is -2.32. The second-order valence-corrected chi connectivity index (χ2v) is 6.95. The van der Waals surface area contributed by atoms with Crippen LogP contribution in [-0.4, -0.2) is 62.2 Å². The highest BCUT2D eigenvalue weighted by Gasteiger charge is 2.26. The maximum atomic E-state index is 12.6. The van der Waals surface area contributed by atoms with E-state index in [1.807, 2.05) is 24.6 Å². The van der Waals surface area contributed by atoms with Gasteiger partial charge in [0.05, 0.1) is 20.3 Å². The number of aromatic nitrogens is 1. The number of piperazine rings is 1. The summed E-state index contributed by atoms with van der Waals surface area (Å²) in [6.07, 6.45) is 1.82. The highest BCUT2D eigenvalue weighted by molar-refractivity contribution is 7.13. The van der Waals surface area contributed by atoms with Gasteiger partial charge in [-0.2, -0.15) is 0 Å². The summed E-state index contributed by atoms with van der Waals surface area (Å²) in [5.74, 6) is 1.20. The third-order valence-electron chi connectivity index (χ3n) is 4.58. The van der Waals surface area contributed by atoms with Crippen molar-refractivity contribution in [2.24, 2.45) is 0 Å². The minimum absolute atomic E-state index is 0.0279. The molecule has 1 aromatic carbocycles. The highest BCUT2D eigenvalue weighted by Crippen LogP contribution is 2.30. The van der Waals surface area contributed by atoms with Crippen LogP contribution in [0.1, 0.15) is 6.92 Å². The Morgan fingerprint density at radius 3 is 2.54 bits per heavy atom. The number of methoxy groups -OCH3 is 2. The minimum atomic E-state index is -0.207.